The van der Waals surface area contributed by atoms with Crippen molar-refractivity contribution in [1.82, 2.24) is 20.4 Å². The van der Waals surface area contributed by atoms with Crippen LogP contribution in [0.2, 0.25) is 0 Å². The van der Waals surface area contributed by atoms with Crippen molar-refractivity contribution in [3.8, 4) is 11.3 Å². The van der Waals surface area contributed by atoms with E-state index in [0.29, 0.717) is 11.6 Å². The molecule has 36 heavy (non-hydrogen) atoms. The van der Waals surface area contributed by atoms with Crippen LogP contribution in [0, 0.1) is 6.92 Å². The second-order valence-electron chi connectivity index (χ2n) is 8.05. The van der Waals surface area contributed by atoms with Gasteiger partial charge in [-0.25, -0.2) is 20.2 Å². The average Bonchev–Trinajstić information content (AvgIpc) is 2.91. The number of carbonyl (C=O) groups excluding carboxylic acids is 1. The number of hydrazone groups is 1. The highest BCUT2D eigenvalue weighted by atomic mass is 16.2. The Morgan fingerprint density at radius 2 is 1.83 bits per heavy atom. The van der Waals surface area contributed by atoms with Crippen molar-refractivity contribution in [3.63, 3.8) is 0 Å². The molecule has 0 bridgehead atoms. The quantitative estimate of drug-likeness (QED) is 0.210. The normalized spacial score (nSPS) is 10.9. The van der Waals surface area contributed by atoms with Gasteiger partial charge in [-0.3, -0.25) is 4.98 Å². The summed E-state index contributed by atoms with van der Waals surface area (Å²) < 4.78 is 0. The molecular weight excluding hydrogens is 450 g/mol. The summed E-state index contributed by atoms with van der Waals surface area (Å²) in [5.41, 5.74) is 7.45. The van der Waals surface area contributed by atoms with Crippen LogP contribution in [0.3, 0.4) is 0 Å². The number of hydrogen-bond donors (Lipinski definition) is 3. The van der Waals surface area contributed by atoms with Gasteiger partial charge in [0.2, 0.25) is 5.95 Å². The Morgan fingerprint density at radius 1 is 0.944 bits per heavy atom. The summed E-state index contributed by atoms with van der Waals surface area (Å²) in [5, 5.41) is 12.3. The number of anilines is 3. The number of hydrogen-bond acceptors (Lipinski definition) is 6. The number of amides is 2. The van der Waals surface area contributed by atoms with E-state index in [0.717, 1.165) is 38.8 Å². The molecule has 0 unspecified atom stereocenters. The molecule has 0 radical (unpaired) electrons. The fourth-order valence-corrected chi connectivity index (χ4v) is 3.73. The van der Waals surface area contributed by atoms with Gasteiger partial charge < -0.3 is 10.6 Å². The number of rotatable bonds is 6. The van der Waals surface area contributed by atoms with Crippen LogP contribution in [-0.4, -0.2) is 27.2 Å². The number of aryl methyl sites for hydroxylation is 1. The lowest BCUT2D eigenvalue weighted by Gasteiger charge is -2.12. The van der Waals surface area contributed by atoms with Gasteiger partial charge in [0.1, 0.15) is 0 Å². The minimum atomic E-state index is -0.448. The third kappa shape index (κ3) is 5.34. The first-order valence-electron chi connectivity index (χ1n) is 11.3. The highest BCUT2D eigenvalue weighted by Crippen LogP contribution is 2.24. The topological polar surface area (TPSA) is 104 Å². The predicted octanol–water partition coefficient (Wildman–Crippen LogP) is 5.90. The molecule has 5 rings (SSSR count). The van der Waals surface area contributed by atoms with Crippen molar-refractivity contribution in [2.75, 3.05) is 10.6 Å². The smallest absolute Gasteiger partial charge is 0.324 e. The van der Waals surface area contributed by atoms with Crippen LogP contribution in [0.4, 0.5) is 22.1 Å². The second kappa shape index (κ2) is 10.4. The maximum Gasteiger partial charge on any atom is 0.339 e. The van der Waals surface area contributed by atoms with Gasteiger partial charge in [0, 0.05) is 41.1 Å². The number of nitrogens with zero attached hydrogens (tertiary/aromatic N) is 4. The van der Waals surface area contributed by atoms with E-state index in [1.54, 1.807) is 24.8 Å². The van der Waals surface area contributed by atoms with Crippen LogP contribution < -0.4 is 16.1 Å². The molecule has 2 amide bonds. The molecule has 3 aromatic carbocycles. The van der Waals surface area contributed by atoms with Crippen molar-refractivity contribution < 1.29 is 4.79 Å². The summed E-state index contributed by atoms with van der Waals surface area (Å²) in [6.07, 6.45) is 6.80. The zero-order chi connectivity index (χ0) is 24.7. The largest absolute Gasteiger partial charge is 0.339 e. The Morgan fingerprint density at radius 3 is 2.72 bits per heavy atom. The Hall–Kier alpha value is -5.11. The number of urea groups is 1. The molecule has 3 N–H and O–H groups in total. The molecule has 8 nitrogen and oxygen atoms in total. The Labute approximate surface area is 208 Å². The highest BCUT2D eigenvalue weighted by Gasteiger charge is 2.07. The van der Waals surface area contributed by atoms with Gasteiger partial charge in [-0.1, -0.05) is 48.5 Å². The Kier molecular flexibility index (Phi) is 6.57. The monoisotopic (exact) mass is 473 g/mol. The van der Waals surface area contributed by atoms with Gasteiger partial charge in [-0.2, -0.15) is 5.10 Å². The summed E-state index contributed by atoms with van der Waals surface area (Å²) >= 11 is 0. The summed E-state index contributed by atoms with van der Waals surface area (Å²) in [4.78, 5) is 25.5. The Bertz CT molecular complexity index is 1550. The third-order valence-electron chi connectivity index (χ3n) is 5.55. The molecule has 0 saturated heterocycles. The maximum absolute atomic E-state index is 12.4. The summed E-state index contributed by atoms with van der Waals surface area (Å²) in [7, 11) is 0. The van der Waals surface area contributed by atoms with E-state index in [2.05, 4.69) is 36.1 Å². The summed E-state index contributed by atoms with van der Waals surface area (Å²) in [6, 6.07) is 24.7. The fourth-order valence-electron chi connectivity index (χ4n) is 3.73. The fraction of sp³-hybridized carbons (Fsp3) is 0.0357. The molecule has 0 atom stereocenters. The molecule has 8 heteroatoms. The number of benzene rings is 3. The zero-order valence-corrected chi connectivity index (χ0v) is 19.5. The van der Waals surface area contributed by atoms with E-state index in [1.807, 2.05) is 85.8 Å². The van der Waals surface area contributed by atoms with Gasteiger partial charge in [0.05, 0.1) is 11.9 Å². The SMILES string of the molecule is Cc1ccc(NC(=O)N/N=C/c2cccc3ccccc23)cc1Nc1nccc(-c2cccnc2)n1. The van der Waals surface area contributed by atoms with Crippen LogP contribution >= 0.6 is 0 Å². The van der Waals surface area contributed by atoms with Gasteiger partial charge >= 0.3 is 6.03 Å². The minimum absolute atomic E-state index is 0.445. The molecule has 176 valence electrons. The van der Waals surface area contributed by atoms with E-state index in [4.69, 9.17) is 0 Å². The van der Waals surface area contributed by atoms with Crippen LogP contribution in [0.15, 0.2) is 103 Å². The van der Waals surface area contributed by atoms with Gasteiger partial charge in [-0.05, 0) is 53.6 Å². The first-order chi connectivity index (χ1) is 17.7. The molecule has 0 saturated carbocycles. The molecule has 2 heterocycles. The molecule has 0 aliphatic carbocycles. The van der Waals surface area contributed by atoms with Crippen LogP contribution in [-0.2, 0) is 0 Å². The van der Waals surface area contributed by atoms with Crippen LogP contribution in [0.25, 0.3) is 22.0 Å². The van der Waals surface area contributed by atoms with E-state index >= 15 is 0 Å². The number of nitrogens with one attached hydrogen (secondary N) is 3. The van der Waals surface area contributed by atoms with Crippen LogP contribution in [0.1, 0.15) is 11.1 Å². The average molecular weight is 474 g/mol. The highest BCUT2D eigenvalue weighted by molar-refractivity contribution is 6.00. The van der Waals surface area contributed by atoms with Crippen molar-refractivity contribution in [3.05, 3.63) is 109 Å². The van der Waals surface area contributed by atoms with E-state index in [1.165, 1.54) is 0 Å². The van der Waals surface area contributed by atoms with Crippen molar-refractivity contribution in [2.24, 2.45) is 5.10 Å². The number of pyridine rings is 1. The van der Waals surface area contributed by atoms with Crippen molar-refractivity contribution >= 4 is 40.3 Å². The molecule has 0 aliphatic heterocycles. The lowest BCUT2D eigenvalue weighted by Crippen LogP contribution is -2.24. The minimum Gasteiger partial charge on any atom is -0.324 e. The van der Waals surface area contributed by atoms with Crippen molar-refractivity contribution in [1.29, 1.82) is 0 Å². The van der Waals surface area contributed by atoms with Gasteiger partial charge in [-0.15, -0.1) is 0 Å². The lowest BCUT2D eigenvalue weighted by atomic mass is 10.1. The molecule has 5 aromatic rings. The number of carbonyl (C=O) groups is 1. The first-order valence-corrected chi connectivity index (χ1v) is 11.3. The standard InChI is InChI=1S/C28H23N7O/c1-19-11-12-23(16-26(19)34-27-30-15-13-25(33-27)22-9-5-14-29-17-22)32-28(36)35-31-18-21-8-4-7-20-6-2-3-10-24(20)21/h2-18H,1H3,(H,30,33,34)(H2,32,35,36)/b31-18+. The summed E-state index contributed by atoms with van der Waals surface area (Å²) in [5.74, 6) is 0.445. The molecule has 0 aliphatic rings. The lowest BCUT2D eigenvalue weighted by molar-refractivity contribution is 0.252. The predicted molar refractivity (Wildman–Crippen MR) is 143 cm³/mol. The number of aromatic nitrogens is 3. The molecule has 0 fully saturated rings. The third-order valence-corrected chi connectivity index (χ3v) is 5.55. The first kappa shape index (κ1) is 22.7. The molecule has 0 spiro atoms. The maximum atomic E-state index is 12.4. The van der Waals surface area contributed by atoms with E-state index in [9.17, 15) is 4.79 Å². The van der Waals surface area contributed by atoms with Crippen LogP contribution in [0.5, 0.6) is 0 Å². The van der Waals surface area contributed by atoms with Crippen molar-refractivity contribution in [2.45, 2.75) is 6.92 Å². The summed E-state index contributed by atoms with van der Waals surface area (Å²) in [6.45, 7) is 1.96. The van der Waals surface area contributed by atoms with E-state index in [-0.39, 0.29) is 0 Å². The molecular formula is C28H23N7O. The molecule has 2 aromatic heterocycles. The zero-order valence-electron chi connectivity index (χ0n) is 19.5. The number of fused-ring (bicyclic) bond motifs is 1. The van der Waals surface area contributed by atoms with E-state index < -0.39 is 6.03 Å². The van der Waals surface area contributed by atoms with Gasteiger partial charge in [0.25, 0.3) is 0 Å². The van der Waals surface area contributed by atoms with Gasteiger partial charge in [0.15, 0.2) is 0 Å². The Balaban J connectivity index is 1.26. The second-order valence-corrected chi connectivity index (χ2v) is 8.05.